The second kappa shape index (κ2) is 4.85. The van der Waals surface area contributed by atoms with E-state index in [4.69, 9.17) is 5.11 Å². The van der Waals surface area contributed by atoms with Crippen molar-refractivity contribution in [1.82, 2.24) is 9.97 Å². The van der Waals surface area contributed by atoms with Gasteiger partial charge in [-0.25, -0.2) is 15.0 Å². The SMILES string of the molecule is C/C(=C\CNc1ncnc2c1CC=N2)CO. The lowest BCUT2D eigenvalue weighted by molar-refractivity contribution is 0.331. The summed E-state index contributed by atoms with van der Waals surface area (Å²) in [6.45, 7) is 2.62. The van der Waals surface area contributed by atoms with Crippen LogP contribution in [0.2, 0.25) is 0 Å². The van der Waals surface area contributed by atoms with Gasteiger partial charge in [-0.3, -0.25) is 0 Å². The van der Waals surface area contributed by atoms with Gasteiger partial charge in [0, 0.05) is 24.7 Å². The molecule has 0 bridgehead atoms. The van der Waals surface area contributed by atoms with E-state index in [2.05, 4.69) is 20.3 Å². The standard InChI is InChI=1S/C11H14N4O/c1-8(6-16)2-4-12-10-9-3-5-13-11(9)15-7-14-10/h2,5,7,16H,3-4,6H2,1H3,(H,12,14,15)/b8-2+. The molecule has 1 aromatic heterocycles. The molecule has 2 rings (SSSR count). The van der Waals surface area contributed by atoms with Crippen LogP contribution in [0.15, 0.2) is 23.0 Å². The molecule has 2 N–H and O–H groups in total. The molecule has 0 unspecified atom stereocenters. The van der Waals surface area contributed by atoms with E-state index >= 15 is 0 Å². The van der Waals surface area contributed by atoms with Crippen molar-refractivity contribution in [2.24, 2.45) is 4.99 Å². The fourth-order valence-corrected chi connectivity index (χ4v) is 1.46. The van der Waals surface area contributed by atoms with Crippen LogP contribution < -0.4 is 5.32 Å². The molecule has 16 heavy (non-hydrogen) atoms. The highest BCUT2D eigenvalue weighted by Gasteiger charge is 2.12. The predicted octanol–water partition coefficient (Wildman–Crippen LogP) is 1.09. The summed E-state index contributed by atoms with van der Waals surface area (Å²) in [4.78, 5) is 12.4. The number of hydrogen-bond acceptors (Lipinski definition) is 5. The van der Waals surface area contributed by atoms with Gasteiger partial charge < -0.3 is 10.4 Å². The van der Waals surface area contributed by atoms with E-state index < -0.39 is 0 Å². The van der Waals surface area contributed by atoms with Gasteiger partial charge in [0.25, 0.3) is 0 Å². The third kappa shape index (κ3) is 2.25. The van der Waals surface area contributed by atoms with Crippen molar-refractivity contribution in [2.45, 2.75) is 13.3 Å². The number of fused-ring (bicyclic) bond motifs is 1. The minimum Gasteiger partial charge on any atom is -0.392 e. The Morgan fingerprint density at radius 1 is 1.56 bits per heavy atom. The smallest absolute Gasteiger partial charge is 0.160 e. The van der Waals surface area contributed by atoms with Crippen molar-refractivity contribution in [3.05, 3.63) is 23.5 Å². The number of aliphatic hydroxyl groups excluding tert-OH is 1. The van der Waals surface area contributed by atoms with Crippen LogP contribution in [0.1, 0.15) is 12.5 Å². The molecule has 0 saturated carbocycles. The first-order valence-electron chi connectivity index (χ1n) is 5.18. The van der Waals surface area contributed by atoms with Crippen LogP contribution in [0.3, 0.4) is 0 Å². The molecular formula is C11H14N4O. The van der Waals surface area contributed by atoms with Crippen molar-refractivity contribution in [3.8, 4) is 0 Å². The van der Waals surface area contributed by atoms with Gasteiger partial charge in [0.1, 0.15) is 12.1 Å². The zero-order valence-electron chi connectivity index (χ0n) is 9.14. The predicted molar refractivity (Wildman–Crippen MR) is 63.2 cm³/mol. The van der Waals surface area contributed by atoms with Gasteiger partial charge in [-0.1, -0.05) is 11.6 Å². The zero-order valence-corrected chi connectivity index (χ0v) is 9.14. The van der Waals surface area contributed by atoms with Gasteiger partial charge in [0.2, 0.25) is 0 Å². The highest BCUT2D eigenvalue weighted by atomic mass is 16.3. The lowest BCUT2D eigenvalue weighted by atomic mass is 10.2. The van der Waals surface area contributed by atoms with E-state index in [9.17, 15) is 0 Å². The fourth-order valence-electron chi connectivity index (χ4n) is 1.46. The topological polar surface area (TPSA) is 70.4 Å². The first kappa shape index (κ1) is 10.8. The summed E-state index contributed by atoms with van der Waals surface area (Å²) in [5.74, 6) is 1.57. The summed E-state index contributed by atoms with van der Waals surface area (Å²) in [6, 6.07) is 0. The Labute approximate surface area is 94.0 Å². The van der Waals surface area contributed by atoms with E-state index in [1.54, 1.807) is 0 Å². The number of aliphatic hydroxyl groups is 1. The number of rotatable bonds is 4. The number of aromatic nitrogens is 2. The molecule has 0 radical (unpaired) electrons. The first-order chi connectivity index (χ1) is 7.81. The number of nitrogens with zero attached hydrogens (tertiary/aromatic N) is 3. The molecule has 0 saturated heterocycles. The quantitative estimate of drug-likeness (QED) is 0.742. The third-order valence-corrected chi connectivity index (χ3v) is 2.40. The van der Waals surface area contributed by atoms with E-state index in [0.29, 0.717) is 6.54 Å². The second-order valence-corrected chi connectivity index (χ2v) is 3.63. The Hall–Kier alpha value is -1.75. The van der Waals surface area contributed by atoms with Crippen LogP contribution in [-0.2, 0) is 6.42 Å². The Balaban J connectivity index is 2.04. The summed E-state index contributed by atoms with van der Waals surface area (Å²) in [5, 5.41) is 12.0. The minimum absolute atomic E-state index is 0.0900. The Kier molecular flexibility index (Phi) is 3.26. The van der Waals surface area contributed by atoms with Crippen molar-refractivity contribution in [1.29, 1.82) is 0 Å². The molecule has 0 spiro atoms. The molecular weight excluding hydrogens is 204 g/mol. The summed E-state index contributed by atoms with van der Waals surface area (Å²) in [7, 11) is 0. The maximum Gasteiger partial charge on any atom is 0.160 e. The summed E-state index contributed by atoms with van der Waals surface area (Å²) in [6.07, 6.45) is 6.05. The largest absolute Gasteiger partial charge is 0.392 e. The van der Waals surface area contributed by atoms with Crippen LogP contribution >= 0.6 is 0 Å². The molecule has 1 aromatic rings. The number of hydrogen-bond donors (Lipinski definition) is 2. The molecule has 0 fully saturated rings. The van der Waals surface area contributed by atoms with Gasteiger partial charge in [-0.15, -0.1) is 0 Å². The summed E-state index contributed by atoms with van der Waals surface area (Å²) < 4.78 is 0. The van der Waals surface area contributed by atoms with E-state index in [-0.39, 0.29) is 6.61 Å². The van der Waals surface area contributed by atoms with Crippen molar-refractivity contribution >= 4 is 17.9 Å². The fraction of sp³-hybridized carbons (Fsp3) is 0.364. The van der Waals surface area contributed by atoms with Crippen LogP contribution in [0.5, 0.6) is 0 Å². The average molecular weight is 218 g/mol. The maximum absolute atomic E-state index is 8.85. The minimum atomic E-state index is 0.0900. The normalized spacial score (nSPS) is 14.0. The highest BCUT2D eigenvalue weighted by molar-refractivity contribution is 5.77. The van der Waals surface area contributed by atoms with Gasteiger partial charge >= 0.3 is 0 Å². The molecule has 0 aromatic carbocycles. The summed E-state index contributed by atoms with van der Waals surface area (Å²) >= 11 is 0. The van der Waals surface area contributed by atoms with Gasteiger partial charge in [-0.05, 0) is 6.92 Å². The molecule has 5 nitrogen and oxygen atoms in total. The highest BCUT2D eigenvalue weighted by Crippen LogP contribution is 2.25. The maximum atomic E-state index is 8.85. The Bertz CT molecular complexity index is 440. The number of nitrogens with one attached hydrogen (secondary N) is 1. The Morgan fingerprint density at radius 2 is 2.44 bits per heavy atom. The summed E-state index contributed by atoms with van der Waals surface area (Å²) in [5.41, 5.74) is 1.98. The molecule has 0 atom stereocenters. The van der Waals surface area contributed by atoms with Crippen LogP contribution in [0.4, 0.5) is 11.6 Å². The molecule has 5 heteroatoms. The lowest BCUT2D eigenvalue weighted by Gasteiger charge is -2.06. The average Bonchev–Trinajstić information content (AvgIpc) is 2.77. The molecule has 1 aliphatic rings. The van der Waals surface area contributed by atoms with E-state index in [1.165, 1.54) is 6.33 Å². The van der Waals surface area contributed by atoms with Crippen LogP contribution in [0.25, 0.3) is 0 Å². The lowest BCUT2D eigenvalue weighted by Crippen LogP contribution is -2.05. The molecule has 2 heterocycles. The number of anilines is 1. The van der Waals surface area contributed by atoms with Gasteiger partial charge in [0.05, 0.1) is 6.61 Å². The Morgan fingerprint density at radius 3 is 3.25 bits per heavy atom. The van der Waals surface area contributed by atoms with Crippen molar-refractivity contribution in [2.75, 3.05) is 18.5 Å². The molecule has 84 valence electrons. The van der Waals surface area contributed by atoms with E-state index in [1.807, 2.05) is 19.2 Å². The monoisotopic (exact) mass is 218 g/mol. The number of aliphatic imine (C=N–C) groups is 1. The van der Waals surface area contributed by atoms with E-state index in [0.717, 1.165) is 29.2 Å². The molecule has 0 amide bonds. The van der Waals surface area contributed by atoms with Crippen molar-refractivity contribution < 1.29 is 5.11 Å². The zero-order chi connectivity index (χ0) is 11.4. The third-order valence-electron chi connectivity index (χ3n) is 2.40. The molecule has 0 aliphatic carbocycles. The van der Waals surface area contributed by atoms with Gasteiger partial charge in [-0.2, -0.15) is 0 Å². The van der Waals surface area contributed by atoms with Crippen LogP contribution in [0, 0.1) is 0 Å². The second-order valence-electron chi connectivity index (χ2n) is 3.63. The van der Waals surface area contributed by atoms with Crippen LogP contribution in [-0.4, -0.2) is 34.4 Å². The first-order valence-corrected chi connectivity index (χ1v) is 5.18. The van der Waals surface area contributed by atoms with Crippen molar-refractivity contribution in [3.63, 3.8) is 0 Å². The van der Waals surface area contributed by atoms with Gasteiger partial charge in [0.15, 0.2) is 5.82 Å². The molecule has 1 aliphatic heterocycles.